The molecule has 2 fully saturated rings. The third-order valence-electron chi connectivity index (χ3n) is 5.29. The van der Waals surface area contributed by atoms with E-state index >= 15 is 0 Å². The van der Waals surface area contributed by atoms with Gasteiger partial charge in [-0.15, -0.1) is 11.6 Å². The molecular weight excluding hydrogens is 244 g/mol. The van der Waals surface area contributed by atoms with E-state index in [4.69, 9.17) is 11.6 Å². The molecule has 0 aromatic carbocycles. The molecular formula is C15H23ClN2. The molecule has 18 heavy (non-hydrogen) atoms. The molecule has 2 bridgehead atoms. The predicted molar refractivity (Wildman–Crippen MR) is 74.9 cm³/mol. The van der Waals surface area contributed by atoms with Gasteiger partial charge in [-0.05, 0) is 55.4 Å². The Labute approximate surface area is 115 Å². The summed E-state index contributed by atoms with van der Waals surface area (Å²) in [6.45, 7) is 2.17. The minimum Gasteiger partial charge on any atom is -0.272 e. The van der Waals surface area contributed by atoms with Gasteiger partial charge in [-0.2, -0.15) is 5.10 Å². The van der Waals surface area contributed by atoms with E-state index in [-0.39, 0.29) is 0 Å². The Kier molecular flexibility index (Phi) is 3.17. The first kappa shape index (κ1) is 12.5. The summed E-state index contributed by atoms with van der Waals surface area (Å²) in [4.78, 5) is 0. The Hall–Kier alpha value is -0.500. The fourth-order valence-corrected chi connectivity index (χ4v) is 4.68. The van der Waals surface area contributed by atoms with Gasteiger partial charge in [0.2, 0.25) is 0 Å². The molecule has 0 amide bonds. The highest BCUT2D eigenvalue weighted by Gasteiger charge is 2.50. The SMILES string of the molecule is CCc1cc(CC2(CCl)CC3CCC2C3)n(C)n1. The van der Waals surface area contributed by atoms with Crippen LogP contribution in [0.5, 0.6) is 0 Å². The van der Waals surface area contributed by atoms with E-state index in [9.17, 15) is 0 Å². The van der Waals surface area contributed by atoms with Crippen molar-refractivity contribution in [3.8, 4) is 0 Å². The summed E-state index contributed by atoms with van der Waals surface area (Å²) in [5, 5.41) is 4.57. The minimum absolute atomic E-state index is 0.364. The average molecular weight is 267 g/mol. The van der Waals surface area contributed by atoms with Gasteiger partial charge in [0.25, 0.3) is 0 Å². The number of fused-ring (bicyclic) bond motifs is 2. The lowest BCUT2D eigenvalue weighted by atomic mass is 9.71. The van der Waals surface area contributed by atoms with Gasteiger partial charge < -0.3 is 0 Å². The Bertz CT molecular complexity index is 440. The van der Waals surface area contributed by atoms with E-state index in [1.165, 1.54) is 37.1 Å². The first-order valence-corrected chi connectivity index (χ1v) is 7.78. The molecule has 3 unspecified atom stereocenters. The number of halogens is 1. The maximum atomic E-state index is 6.37. The zero-order chi connectivity index (χ0) is 12.8. The lowest BCUT2D eigenvalue weighted by Gasteiger charge is -2.36. The average Bonchev–Trinajstić information content (AvgIpc) is 3.05. The van der Waals surface area contributed by atoms with Crippen LogP contribution in [-0.2, 0) is 19.9 Å². The van der Waals surface area contributed by atoms with Gasteiger partial charge >= 0.3 is 0 Å². The molecule has 0 spiro atoms. The van der Waals surface area contributed by atoms with Crippen LogP contribution in [-0.4, -0.2) is 15.7 Å². The van der Waals surface area contributed by atoms with Gasteiger partial charge in [0.05, 0.1) is 5.69 Å². The Morgan fingerprint density at radius 1 is 1.50 bits per heavy atom. The Morgan fingerprint density at radius 2 is 2.33 bits per heavy atom. The smallest absolute Gasteiger partial charge is 0.0624 e. The van der Waals surface area contributed by atoms with Gasteiger partial charge in [0.15, 0.2) is 0 Å². The molecule has 0 N–H and O–H groups in total. The number of alkyl halides is 1. The maximum Gasteiger partial charge on any atom is 0.0624 e. The van der Waals surface area contributed by atoms with Crippen LogP contribution in [0, 0.1) is 17.3 Å². The first-order valence-electron chi connectivity index (χ1n) is 7.24. The topological polar surface area (TPSA) is 17.8 Å². The monoisotopic (exact) mass is 266 g/mol. The van der Waals surface area contributed by atoms with Gasteiger partial charge in [-0.25, -0.2) is 0 Å². The third kappa shape index (κ3) is 1.89. The second-order valence-corrected chi connectivity index (χ2v) is 6.62. The van der Waals surface area contributed by atoms with Crippen molar-refractivity contribution in [2.75, 3.05) is 5.88 Å². The Morgan fingerprint density at radius 3 is 2.83 bits per heavy atom. The second-order valence-electron chi connectivity index (χ2n) is 6.36. The van der Waals surface area contributed by atoms with Crippen LogP contribution in [0.25, 0.3) is 0 Å². The number of nitrogens with zero attached hydrogens (tertiary/aromatic N) is 2. The number of hydrogen-bond donors (Lipinski definition) is 0. The normalized spacial score (nSPS) is 34.4. The maximum absolute atomic E-state index is 6.37. The molecule has 2 aliphatic rings. The summed E-state index contributed by atoms with van der Waals surface area (Å²) in [6, 6.07) is 2.28. The summed E-state index contributed by atoms with van der Waals surface area (Å²) >= 11 is 6.37. The van der Waals surface area contributed by atoms with Crippen LogP contribution in [0.1, 0.15) is 44.0 Å². The highest BCUT2D eigenvalue weighted by Crippen LogP contribution is 2.57. The summed E-state index contributed by atoms with van der Waals surface area (Å²) in [5.74, 6) is 2.63. The molecule has 2 aliphatic carbocycles. The molecule has 0 aliphatic heterocycles. The summed E-state index contributed by atoms with van der Waals surface area (Å²) in [5.41, 5.74) is 2.95. The molecule has 1 heterocycles. The standard InChI is InChI=1S/C15H23ClN2/c1-3-13-7-14(18(2)17-13)9-15(10-16)8-11-4-5-12(15)6-11/h7,11-12H,3-6,8-10H2,1-2H3. The van der Waals surface area contributed by atoms with Crippen LogP contribution in [0.15, 0.2) is 6.07 Å². The van der Waals surface area contributed by atoms with Crippen molar-refractivity contribution in [2.45, 2.75) is 45.4 Å². The number of rotatable bonds is 4. The van der Waals surface area contributed by atoms with Crippen LogP contribution >= 0.6 is 11.6 Å². The van der Waals surface area contributed by atoms with E-state index < -0.39 is 0 Å². The van der Waals surface area contributed by atoms with E-state index in [0.717, 1.165) is 30.6 Å². The van der Waals surface area contributed by atoms with Crippen LogP contribution < -0.4 is 0 Å². The van der Waals surface area contributed by atoms with E-state index in [1.54, 1.807) is 0 Å². The van der Waals surface area contributed by atoms with Gasteiger partial charge in [0.1, 0.15) is 0 Å². The quantitative estimate of drug-likeness (QED) is 0.762. The van der Waals surface area contributed by atoms with Gasteiger partial charge in [-0.1, -0.05) is 13.3 Å². The van der Waals surface area contributed by atoms with Crippen LogP contribution in [0.2, 0.25) is 0 Å². The van der Waals surface area contributed by atoms with Crippen molar-refractivity contribution in [2.24, 2.45) is 24.3 Å². The highest BCUT2D eigenvalue weighted by molar-refractivity contribution is 6.18. The molecule has 2 saturated carbocycles. The van der Waals surface area contributed by atoms with Crippen molar-refractivity contribution in [3.63, 3.8) is 0 Å². The summed E-state index contributed by atoms with van der Waals surface area (Å²) in [7, 11) is 2.07. The van der Waals surface area contributed by atoms with Crippen molar-refractivity contribution < 1.29 is 0 Å². The van der Waals surface area contributed by atoms with Crippen molar-refractivity contribution in [1.82, 2.24) is 9.78 Å². The predicted octanol–water partition coefficient (Wildman–Crippen LogP) is 3.57. The van der Waals surface area contributed by atoms with Crippen LogP contribution in [0.4, 0.5) is 0 Å². The largest absolute Gasteiger partial charge is 0.272 e. The van der Waals surface area contributed by atoms with Crippen molar-refractivity contribution in [1.29, 1.82) is 0 Å². The van der Waals surface area contributed by atoms with Gasteiger partial charge in [-0.3, -0.25) is 4.68 Å². The van der Waals surface area contributed by atoms with E-state index in [1.807, 2.05) is 0 Å². The number of aromatic nitrogens is 2. The highest BCUT2D eigenvalue weighted by atomic mass is 35.5. The number of hydrogen-bond acceptors (Lipinski definition) is 1. The minimum atomic E-state index is 0.364. The lowest BCUT2D eigenvalue weighted by Crippen LogP contribution is -2.32. The zero-order valence-electron chi connectivity index (χ0n) is 11.5. The number of aryl methyl sites for hydroxylation is 2. The molecule has 2 nitrogen and oxygen atoms in total. The van der Waals surface area contributed by atoms with Crippen molar-refractivity contribution in [3.05, 3.63) is 17.5 Å². The summed E-state index contributed by atoms with van der Waals surface area (Å²) in [6.07, 6.45) is 7.75. The molecule has 100 valence electrons. The molecule has 0 saturated heterocycles. The fraction of sp³-hybridized carbons (Fsp3) is 0.800. The summed E-state index contributed by atoms with van der Waals surface area (Å²) < 4.78 is 2.07. The fourth-order valence-electron chi connectivity index (χ4n) is 4.26. The first-order chi connectivity index (χ1) is 8.66. The molecule has 3 rings (SSSR count). The second kappa shape index (κ2) is 4.56. The molecule has 3 atom stereocenters. The van der Waals surface area contributed by atoms with Gasteiger partial charge in [0, 0.05) is 18.6 Å². The lowest BCUT2D eigenvalue weighted by molar-refractivity contribution is 0.189. The third-order valence-corrected chi connectivity index (χ3v) is 5.82. The molecule has 1 aromatic heterocycles. The zero-order valence-corrected chi connectivity index (χ0v) is 12.2. The van der Waals surface area contributed by atoms with Crippen LogP contribution in [0.3, 0.4) is 0 Å². The van der Waals surface area contributed by atoms with Crippen molar-refractivity contribution >= 4 is 11.6 Å². The van der Waals surface area contributed by atoms with E-state index in [2.05, 4.69) is 29.8 Å². The molecule has 3 heteroatoms. The molecule has 1 aromatic rings. The Balaban J connectivity index is 1.83. The van der Waals surface area contributed by atoms with E-state index in [0.29, 0.717) is 5.41 Å². The molecule has 0 radical (unpaired) electrons.